The molecular weight excluding hydrogens is 369 g/mol. The molecule has 0 bridgehead atoms. The van der Waals surface area contributed by atoms with Crippen molar-refractivity contribution in [3.63, 3.8) is 0 Å². The minimum absolute atomic E-state index is 0.153. The second kappa shape index (κ2) is 7.51. The topological polar surface area (TPSA) is 63.5 Å². The van der Waals surface area contributed by atoms with Crippen molar-refractivity contribution in [2.45, 2.75) is 26.8 Å². The maximum Gasteiger partial charge on any atom is 0.279 e. The monoisotopic (exact) mass is 385 g/mol. The summed E-state index contributed by atoms with van der Waals surface area (Å²) in [5.74, 6) is -0.591. The van der Waals surface area contributed by atoms with Crippen molar-refractivity contribution >= 4 is 46.4 Å². The first-order valence-electron chi connectivity index (χ1n) is 7.20. The minimum atomic E-state index is -0.472. The summed E-state index contributed by atoms with van der Waals surface area (Å²) >= 11 is 13.2. The molecule has 2 aromatic rings. The Morgan fingerprint density at radius 2 is 1.92 bits per heavy atom. The number of carbonyl (C=O) groups excluding carboxylic acids is 2. The van der Waals surface area contributed by atoms with Crippen LogP contribution in [0, 0.1) is 13.8 Å². The van der Waals surface area contributed by atoms with Gasteiger partial charge in [0.1, 0.15) is 6.04 Å². The number of nitrogens with one attached hydrogen (secondary N) is 1. The van der Waals surface area contributed by atoms with E-state index in [-0.39, 0.29) is 5.91 Å². The van der Waals surface area contributed by atoms with E-state index in [0.29, 0.717) is 20.4 Å². The molecule has 2 rings (SSSR count). The maximum atomic E-state index is 12.4. The van der Waals surface area contributed by atoms with Gasteiger partial charge in [-0.05, 0) is 39.0 Å². The zero-order chi connectivity index (χ0) is 18.0. The van der Waals surface area contributed by atoms with Crippen LogP contribution in [-0.4, -0.2) is 23.4 Å². The zero-order valence-corrected chi connectivity index (χ0v) is 16.0. The van der Waals surface area contributed by atoms with Crippen LogP contribution in [0.5, 0.6) is 0 Å². The Hall–Kier alpha value is -1.63. The van der Waals surface area contributed by atoms with Gasteiger partial charge in [-0.2, -0.15) is 4.99 Å². The smallest absolute Gasteiger partial charge is 0.279 e. The summed E-state index contributed by atoms with van der Waals surface area (Å²) < 4.78 is 1.76. The summed E-state index contributed by atoms with van der Waals surface area (Å²) in [5.41, 5.74) is 1.24. The summed E-state index contributed by atoms with van der Waals surface area (Å²) in [6, 6.07) is 4.13. The lowest BCUT2D eigenvalue weighted by atomic mass is 10.2. The van der Waals surface area contributed by atoms with Crippen LogP contribution in [0.1, 0.15) is 33.9 Å². The van der Waals surface area contributed by atoms with Crippen molar-refractivity contribution in [3.8, 4) is 0 Å². The Morgan fingerprint density at radius 3 is 2.50 bits per heavy atom. The summed E-state index contributed by atoms with van der Waals surface area (Å²) in [6.07, 6.45) is 0. The number of carbonyl (C=O) groups is 2. The summed E-state index contributed by atoms with van der Waals surface area (Å²) in [4.78, 5) is 30.1. The SMILES string of the molecule is CNC(=O)C(C)n1c(C)c(C)sc1=NC(=O)c1ccc(Cl)c(Cl)c1. The first-order chi connectivity index (χ1) is 11.3. The molecule has 0 spiro atoms. The van der Waals surface area contributed by atoms with Crippen molar-refractivity contribution in [2.24, 2.45) is 4.99 Å². The number of nitrogens with zero attached hydrogens (tertiary/aromatic N) is 2. The highest BCUT2D eigenvalue weighted by Crippen LogP contribution is 2.23. The molecule has 0 radical (unpaired) electrons. The van der Waals surface area contributed by atoms with Crippen LogP contribution in [0.15, 0.2) is 23.2 Å². The maximum absolute atomic E-state index is 12.4. The molecule has 0 saturated carbocycles. The molecule has 5 nitrogen and oxygen atoms in total. The molecule has 128 valence electrons. The van der Waals surface area contributed by atoms with Crippen molar-refractivity contribution in [3.05, 3.63) is 49.2 Å². The molecule has 0 saturated heterocycles. The van der Waals surface area contributed by atoms with E-state index < -0.39 is 11.9 Å². The molecule has 0 aliphatic carbocycles. The molecule has 8 heteroatoms. The van der Waals surface area contributed by atoms with Gasteiger partial charge >= 0.3 is 0 Å². The highest BCUT2D eigenvalue weighted by molar-refractivity contribution is 7.09. The molecule has 1 N–H and O–H groups in total. The van der Waals surface area contributed by atoms with E-state index in [1.807, 2.05) is 13.8 Å². The fraction of sp³-hybridized carbons (Fsp3) is 0.312. The van der Waals surface area contributed by atoms with Gasteiger partial charge in [0, 0.05) is 23.2 Å². The average Bonchev–Trinajstić information content (AvgIpc) is 2.82. The van der Waals surface area contributed by atoms with Gasteiger partial charge in [0.15, 0.2) is 4.80 Å². The van der Waals surface area contributed by atoms with E-state index in [0.717, 1.165) is 10.6 Å². The molecule has 2 amide bonds. The Kier molecular flexibility index (Phi) is 5.85. The third kappa shape index (κ3) is 3.71. The number of hydrogen-bond acceptors (Lipinski definition) is 3. The molecule has 1 unspecified atom stereocenters. The molecule has 0 aliphatic heterocycles. The van der Waals surface area contributed by atoms with Gasteiger partial charge in [-0.3, -0.25) is 9.59 Å². The van der Waals surface area contributed by atoms with E-state index in [1.165, 1.54) is 17.4 Å². The molecule has 1 heterocycles. The van der Waals surface area contributed by atoms with Crippen LogP contribution >= 0.6 is 34.5 Å². The Labute approximate surface area is 153 Å². The van der Waals surface area contributed by atoms with Crippen LogP contribution in [0.4, 0.5) is 0 Å². The Morgan fingerprint density at radius 1 is 1.25 bits per heavy atom. The zero-order valence-electron chi connectivity index (χ0n) is 13.7. The molecule has 1 atom stereocenters. The normalized spacial score (nSPS) is 13.0. The van der Waals surface area contributed by atoms with Crippen LogP contribution in [0.3, 0.4) is 0 Å². The number of benzene rings is 1. The van der Waals surface area contributed by atoms with Gasteiger partial charge in [0.2, 0.25) is 5.91 Å². The van der Waals surface area contributed by atoms with Gasteiger partial charge in [-0.15, -0.1) is 11.3 Å². The molecular formula is C16H17Cl2N3O2S. The third-order valence-corrected chi connectivity index (χ3v) is 5.51. The minimum Gasteiger partial charge on any atom is -0.357 e. The summed E-state index contributed by atoms with van der Waals surface area (Å²) in [7, 11) is 1.58. The molecule has 24 heavy (non-hydrogen) atoms. The summed E-state index contributed by atoms with van der Waals surface area (Å²) in [5, 5.41) is 3.28. The van der Waals surface area contributed by atoms with Crippen LogP contribution in [0.25, 0.3) is 0 Å². The number of thiazole rings is 1. The molecule has 0 fully saturated rings. The fourth-order valence-electron chi connectivity index (χ4n) is 2.21. The van der Waals surface area contributed by atoms with Crippen molar-refractivity contribution in [2.75, 3.05) is 7.05 Å². The number of rotatable bonds is 3. The van der Waals surface area contributed by atoms with Crippen LogP contribution in [0.2, 0.25) is 10.0 Å². The van der Waals surface area contributed by atoms with Gasteiger partial charge in [0.25, 0.3) is 5.91 Å². The van der Waals surface area contributed by atoms with E-state index in [4.69, 9.17) is 23.2 Å². The Bertz CT molecular complexity index is 871. The first-order valence-corrected chi connectivity index (χ1v) is 8.77. The number of halogens is 2. The van der Waals surface area contributed by atoms with Gasteiger partial charge < -0.3 is 9.88 Å². The van der Waals surface area contributed by atoms with Crippen molar-refractivity contribution in [1.82, 2.24) is 9.88 Å². The van der Waals surface area contributed by atoms with E-state index in [2.05, 4.69) is 10.3 Å². The number of hydrogen-bond donors (Lipinski definition) is 1. The lowest BCUT2D eigenvalue weighted by Gasteiger charge is -2.14. The third-order valence-electron chi connectivity index (χ3n) is 3.70. The number of likely N-dealkylation sites (N-methyl/N-ethyl adjacent to an activating group) is 1. The van der Waals surface area contributed by atoms with Gasteiger partial charge in [-0.1, -0.05) is 23.2 Å². The quantitative estimate of drug-likeness (QED) is 0.877. The van der Waals surface area contributed by atoms with Gasteiger partial charge in [-0.25, -0.2) is 0 Å². The number of aromatic nitrogens is 1. The van der Waals surface area contributed by atoms with Crippen LogP contribution < -0.4 is 10.1 Å². The molecule has 1 aromatic heterocycles. The highest BCUT2D eigenvalue weighted by Gasteiger charge is 2.19. The number of amides is 2. The summed E-state index contributed by atoms with van der Waals surface area (Å²) in [6.45, 7) is 5.59. The highest BCUT2D eigenvalue weighted by atomic mass is 35.5. The molecule has 0 aliphatic rings. The average molecular weight is 386 g/mol. The van der Waals surface area contributed by atoms with Gasteiger partial charge in [0.05, 0.1) is 10.0 Å². The fourth-order valence-corrected chi connectivity index (χ4v) is 3.55. The standard InChI is InChI=1S/C16H17Cl2N3O2S/c1-8-10(3)24-16(21(8)9(2)14(22)19-4)20-15(23)11-5-6-12(17)13(18)7-11/h5-7,9H,1-4H3,(H,19,22). The van der Waals surface area contributed by atoms with E-state index >= 15 is 0 Å². The van der Waals surface area contributed by atoms with E-state index in [1.54, 1.807) is 30.7 Å². The van der Waals surface area contributed by atoms with E-state index in [9.17, 15) is 9.59 Å². The Balaban J connectivity index is 2.53. The lowest BCUT2D eigenvalue weighted by Crippen LogP contribution is -2.33. The predicted molar refractivity (Wildman–Crippen MR) is 96.9 cm³/mol. The lowest BCUT2D eigenvalue weighted by molar-refractivity contribution is -0.123. The first kappa shape index (κ1) is 18.7. The number of aryl methyl sites for hydroxylation is 1. The second-order valence-corrected chi connectivity index (χ2v) is 7.23. The van der Waals surface area contributed by atoms with Crippen molar-refractivity contribution < 1.29 is 9.59 Å². The van der Waals surface area contributed by atoms with Crippen molar-refractivity contribution in [1.29, 1.82) is 0 Å². The van der Waals surface area contributed by atoms with Crippen LogP contribution in [-0.2, 0) is 4.79 Å². The largest absolute Gasteiger partial charge is 0.357 e. The molecule has 1 aromatic carbocycles. The predicted octanol–water partition coefficient (Wildman–Crippen LogP) is 3.52. The second-order valence-electron chi connectivity index (χ2n) is 5.23.